The topological polar surface area (TPSA) is 46.3 Å². The highest BCUT2D eigenvalue weighted by Crippen LogP contribution is 2.22. The Balaban J connectivity index is 2.59. The van der Waals surface area contributed by atoms with E-state index in [0.717, 1.165) is 9.86 Å². The van der Waals surface area contributed by atoms with Crippen molar-refractivity contribution in [3.8, 4) is 0 Å². The zero-order valence-electron chi connectivity index (χ0n) is 8.32. The number of fused-ring (bicyclic) bond motifs is 1. The van der Waals surface area contributed by atoms with E-state index in [4.69, 9.17) is 4.52 Å². The average molecular weight is 269 g/mol. The summed E-state index contributed by atoms with van der Waals surface area (Å²) in [5, 5.41) is 4.56. The lowest BCUT2D eigenvalue weighted by Gasteiger charge is -2.06. The largest absolute Gasteiger partial charge is 0.350 e. The van der Waals surface area contributed by atoms with Crippen LogP contribution in [0.5, 0.6) is 0 Å². The summed E-state index contributed by atoms with van der Waals surface area (Å²) < 4.78 is 5.94. The molecule has 5 heteroatoms. The molecule has 0 saturated heterocycles. The molecule has 1 aromatic carbocycles. The number of nitrogens with zero attached hydrogens (tertiary/aromatic N) is 2. The number of carbonyl (C=O) groups is 1. The molecular formula is C10H9BrN2O2. The van der Waals surface area contributed by atoms with Gasteiger partial charge in [-0.05, 0) is 18.2 Å². The van der Waals surface area contributed by atoms with E-state index >= 15 is 0 Å². The summed E-state index contributed by atoms with van der Waals surface area (Å²) in [6.45, 7) is 0. The first kappa shape index (κ1) is 10.2. The van der Waals surface area contributed by atoms with Crippen LogP contribution in [0.3, 0.4) is 0 Å². The Labute approximate surface area is 95.0 Å². The van der Waals surface area contributed by atoms with Crippen molar-refractivity contribution in [1.29, 1.82) is 0 Å². The van der Waals surface area contributed by atoms with Gasteiger partial charge in [-0.25, -0.2) is 0 Å². The number of aromatic nitrogens is 1. The fourth-order valence-corrected chi connectivity index (χ4v) is 1.62. The predicted molar refractivity (Wildman–Crippen MR) is 59.7 cm³/mol. The van der Waals surface area contributed by atoms with Crippen molar-refractivity contribution in [2.75, 3.05) is 14.1 Å². The summed E-state index contributed by atoms with van der Waals surface area (Å²) in [5.74, 6) is 0.0994. The van der Waals surface area contributed by atoms with Gasteiger partial charge in [-0.2, -0.15) is 0 Å². The van der Waals surface area contributed by atoms with E-state index in [1.807, 2.05) is 18.2 Å². The molecule has 2 rings (SSSR count). The standard InChI is InChI=1S/C10H9BrN2O2/c1-13(2)10(14)9-7-4-3-6(11)5-8(7)12-15-9/h3-5H,1-2H3. The van der Waals surface area contributed by atoms with Crippen LogP contribution < -0.4 is 0 Å². The lowest BCUT2D eigenvalue weighted by Crippen LogP contribution is -2.21. The normalized spacial score (nSPS) is 10.6. The van der Waals surface area contributed by atoms with Gasteiger partial charge in [0.15, 0.2) is 0 Å². The van der Waals surface area contributed by atoms with Gasteiger partial charge in [-0.15, -0.1) is 0 Å². The molecule has 4 nitrogen and oxygen atoms in total. The van der Waals surface area contributed by atoms with Crippen molar-refractivity contribution in [3.05, 3.63) is 28.4 Å². The Morgan fingerprint density at radius 1 is 1.47 bits per heavy atom. The van der Waals surface area contributed by atoms with E-state index in [2.05, 4.69) is 21.1 Å². The summed E-state index contributed by atoms with van der Waals surface area (Å²) in [4.78, 5) is 13.1. The van der Waals surface area contributed by atoms with E-state index in [1.54, 1.807) is 14.1 Å². The third-order valence-electron chi connectivity index (χ3n) is 2.04. The van der Waals surface area contributed by atoms with E-state index < -0.39 is 0 Å². The Kier molecular flexibility index (Phi) is 2.48. The maximum atomic E-state index is 11.7. The van der Waals surface area contributed by atoms with Crippen molar-refractivity contribution < 1.29 is 9.32 Å². The minimum absolute atomic E-state index is 0.181. The fraction of sp³-hybridized carbons (Fsp3) is 0.200. The molecule has 78 valence electrons. The van der Waals surface area contributed by atoms with Crippen LogP contribution in [-0.2, 0) is 0 Å². The van der Waals surface area contributed by atoms with Gasteiger partial charge < -0.3 is 9.42 Å². The summed E-state index contributed by atoms with van der Waals surface area (Å²) in [5.41, 5.74) is 0.676. The molecule has 0 unspecified atom stereocenters. The van der Waals surface area contributed by atoms with E-state index in [9.17, 15) is 4.79 Å². The number of hydrogen-bond acceptors (Lipinski definition) is 3. The van der Waals surface area contributed by atoms with Gasteiger partial charge >= 0.3 is 0 Å². The third kappa shape index (κ3) is 1.74. The van der Waals surface area contributed by atoms with Crippen molar-refractivity contribution in [1.82, 2.24) is 10.1 Å². The molecule has 15 heavy (non-hydrogen) atoms. The van der Waals surface area contributed by atoms with Crippen LogP contribution in [0.4, 0.5) is 0 Å². The number of carbonyl (C=O) groups excluding carboxylic acids is 1. The number of hydrogen-bond donors (Lipinski definition) is 0. The molecule has 0 atom stereocenters. The van der Waals surface area contributed by atoms with Crippen LogP contribution in [0.15, 0.2) is 27.2 Å². The first-order valence-electron chi connectivity index (χ1n) is 4.36. The summed E-state index contributed by atoms with van der Waals surface area (Å²) in [7, 11) is 3.35. The molecule has 0 aliphatic rings. The second-order valence-corrected chi connectivity index (χ2v) is 4.29. The van der Waals surface area contributed by atoms with Crippen LogP contribution in [0, 0.1) is 0 Å². The first-order chi connectivity index (χ1) is 7.09. The second-order valence-electron chi connectivity index (χ2n) is 3.37. The van der Waals surface area contributed by atoms with Gasteiger partial charge in [0.25, 0.3) is 5.91 Å². The molecule has 0 aliphatic carbocycles. The molecule has 1 aromatic heterocycles. The molecule has 1 amide bonds. The molecule has 0 radical (unpaired) electrons. The Morgan fingerprint density at radius 2 is 2.20 bits per heavy atom. The maximum Gasteiger partial charge on any atom is 0.292 e. The quantitative estimate of drug-likeness (QED) is 0.797. The highest BCUT2D eigenvalue weighted by Gasteiger charge is 2.17. The van der Waals surface area contributed by atoms with Crippen molar-refractivity contribution in [3.63, 3.8) is 0 Å². The van der Waals surface area contributed by atoms with Gasteiger partial charge in [0, 0.05) is 18.6 Å². The number of halogens is 1. The Morgan fingerprint density at radius 3 is 2.87 bits per heavy atom. The maximum absolute atomic E-state index is 11.7. The smallest absolute Gasteiger partial charge is 0.292 e. The highest BCUT2D eigenvalue weighted by molar-refractivity contribution is 9.10. The average Bonchev–Trinajstić information content (AvgIpc) is 2.59. The molecule has 0 N–H and O–H groups in total. The molecule has 1 heterocycles. The number of amides is 1. The summed E-state index contributed by atoms with van der Waals surface area (Å²) in [6.07, 6.45) is 0. The SMILES string of the molecule is CN(C)C(=O)c1onc2cc(Br)ccc12. The van der Waals surface area contributed by atoms with Crippen LogP contribution in [-0.4, -0.2) is 30.1 Å². The third-order valence-corrected chi connectivity index (χ3v) is 2.53. The highest BCUT2D eigenvalue weighted by atomic mass is 79.9. The van der Waals surface area contributed by atoms with E-state index in [0.29, 0.717) is 5.52 Å². The van der Waals surface area contributed by atoms with Crippen molar-refractivity contribution in [2.45, 2.75) is 0 Å². The van der Waals surface area contributed by atoms with Crippen LogP contribution >= 0.6 is 15.9 Å². The lowest BCUT2D eigenvalue weighted by atomic mass is 10.2. The van der Waals surface area contributed by atoms with Crippen molar-refractivity contribution >= 4 is 32.7 Å². The van der Waals surface area contributed by atoms with Gasteiger partial charge in [-0.3, -0.25) is 4.79 Å². The van der Waals surface area contributed by atoms with Gasteiger partial charge in [0.1, 0.15) is 5.52 Å². The van der Waals surface area contributed by atoms with Gasteiger partial charge in [-0.1, -0.05) is 21.1 Å². The summed E-state index contributed by atoms with van der Waals surface area (Å²) in [6, 6.07) is 5.48. The lowest BCUT2D eigenvalue weighted by molar-refractivity contribution is 0.0789. The van der Waals surface area contributed by atoms with Crippen LogP contribution in [0.1, 0.15) is 10.6 Å². The van der Waals surface area contributed by atoms with Gasteiger partial charge in [0.2, 0.25) is 5.76 Å². The first-order valence-corrected chi connectivity index (χ1v) is 5.15. The minimum Gasteiger partial charge on any atom is -0.350 e. The molecule has 2 aromatic rings. The zero-order chi connectivity index (χ0) is 11.0. The predicted octanol–water partition coefficient (Wildman–Crippen LogP) is 2.29. The van der Waals surface area contributed by atoms with Gasteiger partial charge in [0.05, 0.1) is 5.39 Å². The van der Waals surface area contributed by atoms with E-state index in [1.165, 1.54) is 4.90 Å². The zero-order valence-corrected chi connectivity index (χ0v) is 9.91. The summed E-state index contributed by atoms with van der Waals surface area (Å²) >= 11 is 3.33. The molecule has 0 spiro atoms. The second kappa shape index (κ2) is 3.66. The van der Waals surface area contributed by atoms with E-state index in [-0.39, 0.29) is 11.7 Å². The van der Waals surface area contributed by atoms with Crippen molar-refractivity contribution in [2.24, 2.45) is 0 Å². The molecule has 0 fully saturated rings. The number of rotatable bonds is 1. The Bertz CT molecular complexity index is 519. The Hall–Kier alpha value is -1.36. The molecule has 0 aliphatic heterocycles. The molecule has 0 bridgehead atoms. The van der Waals surface area contributed by atoms with Crippen LogP contribution in [0.2, 0.25) is 0 Å². The molecule has 0 saturated carbocycles. The minimum atomic E-state index is -0.181. The number of benzene rings is 1. The molecular weight excluding hydrogens is 260 g/mol. The monoisotopic (exact) mass is 268 g/mol. The fourth-order valence-electron chi connectivity index (χ4n) is 1.27. The van der Waals surface area contributed by atoms with Crippen LogP contribution in [0.25, 0.3) is 10.9 Å².